The van der Waals surface area contributed by atoms with Crippen LogP contribution in [0.1, 0.15) is 19.8 Å². The van der Waals surface area contributed by atoms with E-state index in [9.17, 15) is 8.78 Å². The van der Waals surface area contributed by atoms with Crippen LogP contribution in [-0.4, -0.2) is 23.4 Å². The topological polar surface area (TPSA) is 27.0 Å². The van der Waals surface area contributed by atoms with Gasteiger partial charge in [-0.15, -0.1) is 0 Å². The molecule has 0 N–H and O–H groups in total. The highest BCUT2D eigenvalue weighted by atomic mass is 19.3. The molecular formula is C7H10F2N2. The fourth-order valence-corrected chi connectivity index (χ4v) is 1.19. The Labute approximate surface area is 64.4 Å². The Morgan fingerprint density at radius 1 is 1.64 bits per heavy atom. The summed E-state index contributed by atoms with van der Waals surface area (Å²) in [5.41, 5.74) is 0. The van der Waals surface area contributed by atoms with Crippen molar-refractivity contribution in [3.8, 4) is 6.19 Å². The Morgan fingerprint density at radius 3 is 2.73 bits per heavy atom. The number of nitrogens with zero attached hydrogens (tertiary/aromatic N) is 2. The highest BCUT2D eigenvalue weighted by Gasteiger charge is 2.37. The zero-order valence-electron chi connectivity index (χ0n) is 6.35. The van der Waals surface area contributed by atoms with E-state index in [1.807, 2.05) is 0 Å². The summed E-state index contributed by atoms with van der Waals surface area (Å²) in [5.74, 6) is -2.66. The summed E-state index contributed by atoms with van der Waals surface area (Å²) in [7, 11) is 0. The molecule has 4 heteroatoms. The van der Waals surface area contributed by atoms with Gasteiger partial charge in [0.1, 0.15) is 0 Å². The zero-order valence-corrected chi connectivity index (χ0v) is 6.35. The summed E-state index contributed by atoms with van der Waals surface area (Å²) >= 11 is 0. The number of rotatable bonds is 0. The van der Waals surface area contributed by atoms with Crippen molar-refractivity contribution in [3.63, 3.8) is 0 Å². The van der Waals surface area contributed by atoms with Gasteiger partial charge in [0.2, 0.25) is 0 Å². The van der Waals surface area contributed by atoms with Crippen LogP contribution in [0, 0.1) is 11.5 Å². The molecule has 1 aliphatic heterocycles. The molecule has 1 atom stereocenters. The average Bonchev–Trinajstić information content (AvgIpc) is 1.94. The Hall–Kier alpha value is -0.850. The molecule has 0 aliphatic carbocycles. The third-order valence-electron chi connectivity index (χ3n) is 1.99. The van der Waals surface area contributed by atoms with Gasteiger partial charge in [-0.2, -0.15) is 5.26 Å². The first-order valence-electron chi connectivity index (χ1n) is 3.59. The second kappa shape index (κ2) is 2.65. The summed E-state index contributed by atoms with van der Waals surface area (Å²) in [6, 6.07) is -0.0281. The fourth-order valence-electron chi connectivity index (χ4n) is 1.19. The van der Waals surface area contributed by atoms with Crippen molar-refractivity contribution in [1.82, 2.24) is 4.90 Å². The lowest BCUT2D eigenvalue weighted by molar-refractivity contribution is -0.0631. The van der Waals surface area contributed by atoms with E-state index in [4.69, 9.17) is 5.26 Å². The molecule has 1 unspecified atom stereocenters. The third-order valence-corrected chi connectivity index (χ3v) is 1.99. The number of piperidine rings is 1. The predicted octanol–water partition coefficient (Wildman–Crippen LogP) is 1.59. The van der Waals surface area contributed by atoms with Crippen LogP contribution in [0.2, 0.25) is 0 Å². The Bertz CT molecular complexity index is 185. The molecule has 0 aromatic rings. The van der Waals surface area contributed by atoms with Gasteiger partial charge in [-0.3, -0.25) is 0 Å². The molecule has 0 spiro atoms. The highest BCUT2D eigenvalue weighted by Crippen LogP contribution is 2.29. The van der Waals surface area contributed by atoms with Gasteiger partial charge in [-0.05, 0) is 13.3 Å². The van der Waals surface area contributed by atoms with E-state index in [2.05, 4.69) is 0 Å². The predicted molar refractivity (Wildman–Crippen MR) is 36.0 cm³/mol. The standard InChI is InChI=1S/C7H10F2N2/c1-6-2-3-7(8,9)4-11(6)5-10/h6H,2-4H2,1H3. The zero-order chi connectivity index (χ0) is 8.48. The summed E-state index contributed by atoms with van der Waals surface area (Å²) < 4.78 is 25.2. The number of nitriles is 1. The lowest BCUT2D eigenvalue weighted by Crippen LogP contribution is -2.44. The maximum absolute atomic E-state index is 12.6. The van der Waals surface area contributed by atoms with Crippen molar-refractivity contribution in [1.29, 1.82) is 5.26 Å². The minimum Gasteiger partial charge on any atom is -0.302 e. The molecule has 62 valence electrons. The number of likely N-dealkylation sites (tertiary alicyclic amines) is 1. The van der Waals surface area contributed by atoms with E-state index in [0.717, 1.165) is 4.90 Å². The van der Waals surface area contributed by atoms with E-state index in [-0.39, 0.29) is 12.5 Å². The molecule has 0 saturated carbocycles. The van der Waals surface area contributed by atoms with E-state index in [1.165, 1.54) is 0 Å². The second-order valence-corrected chi connectivity index (χ2v) is 2.97. The quantitative estimate of drug-likeness (QED) is 0.503. The number of halogens is 2. The monoisotopic (exact) mass is 160 g/mol. The van der Waals surface area contributed by atoms with Gasteiger partial charge in [0.15, 0.2) is 6.19 Å². The maximum atomic E-state index is 12.6. The molecule has 1 saturated heterocycles. The molecule has 0 amide bonds. The van der Waals surface area contributed by atoms with Crippen molar-refractivity contribution in [2.45, 2.75) is 31.7 Å². The van der Waals surface area contributed by atoms with E-state index < -0.39 is 12.5 Å². The normalized spacial score (nSPS) is 29.6. The average molecular weight is 160 g/mol. The summed E-state index contributed by atoms with van der Waals surface area (Å²) in [6.45, 7) is 1.38. The molecule has 1 fully saturated rings. The number of hydrogen-bond acceptors (Lipinski definition) is 2. The molecule has 2 nitrogen and oxygen atoms in total. The van der Waals surface area contributed by atoms with Gasteiger partial charge >= 0.3 is 0 Å². The lowest BCUT2D eigenvalue weighted by atomic mass is 10.0. The molecule has 11 heavy (non-hydrogen) atoms. The Kier molecular flexibility index (Phi) is 1.99. The first-order chi connectivity index (χ1) is 5.05. The van der Waals surface area contributed by atoms with Gasteiger partial charge in [0.05, 0.1) is 6.54 Å². The van der Waals surface area contributed by atoms with E-state index >= 15 is 0 Å². The maximum Gasteiger partial charge on any atom is 0.266 e. The van der Waals surface area contributed by atoms with E-state index in [0.29, 0.717) is 6.42 Å². The van der Waals surface area contributed by atoms with Crippen molar-refractivity contribution in [2.75, 3.05) is 6.54 Å². The fraction of sp³-hybridized carbons (Fsp3) is 0.857. The SMILES string of the molecule is CC1CCC(F)(F)CN1C#N. The van der Waals surface area contributed by atoms with Gasteiger partial charge in [-0.1, -0.05) is 0 Å². The van der Waals surface area contributed by atoms with Crippen LogP contribution in [0.15, 0.2) is 0 Å². The van der Waals surface area contributed by atoms with E-state index in [1.54, 1.807) is 13.1 Å². The van der Waals surface area contributed by atoms with Gasteiger partial charge in [0.25, 0.3) is 5.92 Å². The van der Waals surface area contributed by atoms with Crippen molar-refractivity contribution in [2.24, 2.45) is 0 Å². The first kappa shape index (κ1) is 8.25. The van der Waals surface area contributed by atoms with Crippen LogP contribution in [-0.2, 0) is 0 Å². The number of hydrogen-bond donors (Lipinski definition) is 0. The van der Waals surface area contributed by atoms with Crippen LogP contribution >= 0.6 is 0 Å². The molecule has 1 aliphatic rings. The number of alkyl halides is 2. The minimum atomic E-state index is -2.66. The van der Waals surface area contributed by atoms with Crippen LogP contribution < -0.4 is 0 Å². The molecular weight excluding hydrogens is 150 g/mol. The third kappa shape index (κ3) is 1.79. The molecule has 1 heterocycles. The van der Waals surface area contributed by atoms with Gasteiger partial charge in [0, 0.05) is 12.5 Å². The van der Waals surface area contributed by atoms with Crippen LogP contribution in [0.25, 0.3) is 0 Å². The molecule has 0 aromatic heterocycles. The first-order valence-corrected chi connectivity index (χ1v) is 3.59. The molecule has 1 rings (SSSR count). The molecule has 0 bridgehead atoms. The smallest absolute Gasteiger partial charge is 0.266 e. The highest BCUT2D eigenvalue weighted by molar-refractivity contribution is 4.90. The van der Waals surface area contributed by atoms with Gasteiger partial charge < -0.3 is 4.90 Å². The Morgan fingerprint density at radius 2 is 2.27 bits per heavy atom. The Balaban J connectivity index is 2.60. The summed E-state index contributed by atoms with van der Waals surface area (Å²) in [6.07, 6.45) is 2.08. The van der Waals surface area contributed by atoms with Crippen LogP contribution in [0.5, 0.6) is 0 Å². The summed E-state index contributed by atoms with van der Waals surface area (Å²) in [4.78, 5) is 1.14. The van der Waals surface area contributed by atoms with Crippen molar-refractivity contribution < 1.29 is 8.78 Å². The molecule has 0 radical (unpaired) electrons. The molecule has 0 aromatic carbocycles. The summed E-state index contributed by atoms with van der Waals surface area (Å²) in [5, 5.41) is 8.44. The largest absolute Gasteiger partial charge is 0.302 e. The van der Waals surface area contributed by atoms with Crippen molar-refractivity contribution >= 4 is 0 Å². The second-order valence-electron chi connectivity index (χ2n) is 2.97. The van der Waals surface area contributed by atoms with Gasteiger partial charge in [-0.25, -0.2) is 8.78 Å². The van der Waals surface area contributed by atoms with Crippen LogP contribution in [0.4, 0.5) is 8.78 Å². The van der Waals surface area contributed by atoms with Crippen LogP contribution in [0.3, 0.4) is 0 Å². The minimum absolute atomic E-state index is 0.0281. The van der Waals surface area contributed by atoms with Crippen molar-refractivity contribution in [3.05, 3.63) is 0 Å². The lowest BCUT2D eigenvalue weighted by Gasteiger charge is -2.33.